The fourth-order valence-electron chi connectivity index (χ4n) is 11.5. The van der Waals surface area contributed by atoms with Crippen molar-refractivity contribution >= 4 is 95.4 Å². The minimum atomic E-state index is -0.922. The highest BCUT2D eigenvalue weighted by molar-refractivity contribution is 6.31. The van der Waals surface area contributed by atoms with Crippen LogP contribution in [0.2, 0.25) is 0 Å². The number of hydrogen-bond donors (Lipinski definition) is 10. The van der Waals surface area contributed by atoms with E-state index in [9.17, 15) is 58.8 Å². The zero-order valence-corrected chi connectivity index (χ0v) is 50.9. The summed E-state index contributed by atoms with van der Waals surface area (Å²) in [6, 6.07) is 0. The quantitative estimate of drug-likeness (QED) is 0.0380. The summed E-state index contributed by atoms with van der Waals surface area (Å²) in [7, 11) is 0. The number of carbonyl (C=O) groups is 8. The van der Waals surface area contributed by atoms with Crippen LogP contribution in [0.15, 0.2) is 66.0 Å². The highest BCUT2D eigenvalue weighted by Gasteiger charge is 2.27. The maximum absolute atomic E-state index is 12.3. The predicted octanol–water partition coefficient (Wildman–Crippen LogP) is 7.02. The summed E-state index contributed by atoms with van der Waals surface area (Å²) < 4.78 is 0. The second-order valence-electron chi connectivity index (χ2n) is 21.8. The Bertz CT molecular complexity index is 3850. The van der Waals surface area contributed by atoms with Crippen LogP contribution in [0.3, 0.4) is 0 Å². The van der Waals surface area contributed by atoms with Crippen molar-refractivity contribution in [2.24, 2.45) is 9.98 Å². The molecule has 4 amide bonds. The summed E-state index contributed by atoms with van der Waals surface area (Å²) in [5, 5.41) is 46.4. The second-order valence-corrected chi connectivity index (χ2v) is 21.8. The first kappa shape index (κ1) is 64.1. The smallest absolute Gasteiger partial charge is 0.303 e. The Balaban J connectivity index is 0.000000246. The second kappa shape index (κ2) is 27.1. The first-order valence-electron chi connectivity index (χ1n) is 29.0. The molecular weight excluding hydrogens is 1100 g/mol. The van der Waals surface area contributed by atoms with Crippen LogP contribution in [0.4, 0.5) is 0 Å². The van der Waals surface area contributed by atoms with Crippen molar-refractivity contribution in [3.8, 4) is 0 Å². The third-order valence-corrected chi connectivity index (χ3v) is 16.7. The number of H-pyrrole nitrogens is 4. The van der Waals surface area contributed by atoms with Gasteiger partial charge in [0.1, 0.15) is 0 Å². The fourth-order valence-corrected chi connectivity index (χ4v) is 11.5. The maximum Gasteiger partial charge on any atom is 0.303 e. The lowest BCUT2D eigenvalue weighted by Gasteiger charge is -2.04. The van der Waals surface area contributed by atoms with Gasteiger partial charge in [0.25, 0.3) is 23.6 Å². The largest absolute Gasteiger partial charge is 0.481 e. The van der Waals surface area contributed by atoms with Gasteiger partial charge in [-0.05, 0) is 210 Å². The summed E-state index contributed by atoms with van der Waals surface area (Å²) in [6.07, 6.45) is 14.5. The molecule has 0 bridgehead atoms. The Morgan fingerprint density at radius 1 is 0.372 bits per heavy atom. The Kier molecular flexibility index (Phi) is 20.2. The topological polar surface area (TPSA) is 329 Å². The minimum absolute atomic E-state index is 0.0701. The number of carboxylic acids is 4. The first-order valence-corrected chi connectivity index (χ1v) is 29.0. The van der Waals surface area contributed by atoms with Gasteiger partial charge in [-0.25, -0.2) is 9.98 Å². The number of rotatable bonds is 22. The number of carbonyl (C=O) groups excluding carboxylic acids is 4. The van der Waals surface area contributed by atoms with Gasteiger partial charge in [0, 0.05) is 104 Å². The van der Waals surface area contributed by atoms with E-state index >= 15 is 0 Å². The average Bonchev–Trinajstić information content (AvgIpc) is 2.80. The van der Waals surface area contributed by atoms with Crippen molar-refractivity contribution in [2.75, 3.05) is 0 Å². The van der Waals surface area contributed by atoms with E-state index in [0.717, 1.165) is 88.9 Å². The van der Waals surface area contributed by atoms with Crippen LogP contribution >= 0.6 is 0 Å². The molecule has 4 aliphatic rings. The van der Waals surface area contributed by atoms with Crippen LogP contribution in [-0.4, -0.2) is 99.3 Å². The molecule has 0 radical (unpaired) electrons. The van der Waals surface area contributed by atoms with Crippen molar-refractivity contribution in [1.82, 2.24) is 30.6 Å². The molecule has 8 heterocycles. The first-order chi connectivity index (χ1) is 40.7. The molecule has 0 saturated heterocycles. The Morgan fingerprint density at radius 2 is 0.686 bits per heavy atom. The van der Waals surface area contributed by atoms with Gasteiger partial charge in [0.2, 0.25) is 0 Å². The number of nitrogens with zero attached hydrogens (tertiary/aromatic N) is 2. The van der Waals surface area contributed by atoms with Gasteiger partial charge in [-0.2, -0.15) is 0 Å². The summed E-state index contributed by atoms with van der Waals surface area (Å²) in [5.74, 6) is -4.43. The van der Waals surface area contributed by atoms with E-state index in [4.69, 9.17) is 0 Å². The highest BCUT2D eigenvalue weighted by atomic mass is 16.4. The van der Waals surface area contributed by atoms with E-state index in [0.29, 0.717) is 92.9 Å². The number of carboxylic acid groups (broad SMARTS) is 4. The molecule has 10 N–H and O–H groups in total. The van der Waals surface area contributed by atoms with Gasteiger partial charge in [-0.15, -0.1) is 0 Å². The van der Waals surface area contributed by atoms with Crippen LogP contribution in [0, 0.1) is 27.7 Å². The van der Waals surface area contributed by atoms with Gasteiger partial charge < -0.3 is 51.0 Å². The molecular formula is C66H76N8O12. The van der Waals surface area contributed by atoms with Crippen LogP contribution in [0.5, 0.6) is 0 Å². The molecule has 86 heavy (non-hydrogen) atoms. The third kappa shape index (κ3) is 13.9. The van der Waals surface area contributed by atoms with Crippen molar-refractivity contribution in [2.45, 2.75) is 160 Å². The van der Waals surface area contributed by atoms with Crippen molar-refractivity contribution < 1.29 is 58.8 Å². The zero-order chi connectivity index (χ0) is 63.2. The highest BCUT2D eigenvalue weighted by Crippen LogP contribution is 2.31. The molecule has 20 heteroatoms. The Labute approximate surface area is 497 Å². The zero-order valence-electron chi connectivity index (χ0n) is 50.9. The van der Waals surface area contributed by atoms with E-state index in [1.807, 2.05) is 106 Å². The number of aromatic nitrogens is 4. The van der Waals surface area contributed by atoms with E-state index in [-0.39, 0.29) is 75.0 Å². The Morgan fingerprint density at radius 3 is 0.977 bits per heavy atom. The molecule has 0 unspecified atom stereocenters. The molecule has 0 aromatic carbocycles. The number of aliphatic imine (C=N–C) groups is 2. The lowest BCUT2D eigenvalue weighted by Crippen LogP contribution is -2.15. The maximum atomic E-state index is 12.3. The van der Waals surface area contributed by atoms with E-state index in [2.05, 4.69) is 40.6 Å². The fraction of sp³-hybridized carbons (Fsp3) is 0.364. The van der Waals surface area contributed by atoms with Crippen LogP contribution < -0.4 is 32.0 Å². The number of allylic oxidation sites excluding steroid dienone is 4. The molecule has 0 fully saturated rings. The summed E-state index contributed by atoms with van der Waals surface area (Å²) in [4.78, 5) is 117. The SMILES string of the molecule is CCC1=C(C)C(C=c2[nH]/c(=C\c3[nH]c(/C=C4\NC(=O)C(C)=C4CC)c(C)c3CCC(=O)O)c(CCC(=O)O)c2C)=NC1=O.CCC1=C(C)C(C=c2[nH]/c(=C\c3[nH]c(/C=C4\NC(=O)C(C)=C4CC)c(C)c3CCC(=O)O)c(CCC(=O)O)c2C)=NC1=O. The standard InChI is InChI=1S/2C33H38N4O6/c2*1-7-20-19(6)32(42)37-27(20)14-25-18(5)23(10-12-31(40)41)29(35-25)15-28-22(9-11-30(38)39)17(4)24(34-28)13-26-16(3)21(8-2)33(43)36-26/h2*13-15,34-35H,7-12H2,1-6H3,(H,37,42)(H,38,39)(H,40,41)/b2*24-13?,27-14-,28-15-. The van der Waals surface area contributed by atoms with Crippen molar-refractivity contribution in [3.05, 3.63) is 145 Å². The van der Waals surface area contributed by atoms with E-state index < -0.39 is 23.9 Å². The van der Waals surface area contributed by atoms with Gasteiger partial charge in [-0.1, -0.05) is 27.7 Å². The molecule has 8 rings (SSSR count). The number of aliphatic carboxylic acids is 4. The van der Waals surface area contributed by atoms with E-state index in [1.165, 1.54) is 0 Å². The molecule has 0 aliphatic carbocycles. The number of nitrogens with one attached hydrogen (secondary N) is 6. The number of amides is 4. The molecule has 452 valence electrons. The van der Waals surface area contributed by atoms with Gasteiger partial charge >= 0.3 is 23.9 Å². The van der Waals surface area contributed by atoms with Gasteiger partial charge in [-0.3, -0.25) is 38.4 Å². The number of hydrogen-bond acceptors (Lipinski definition) is 8. The van der Waals surface area contributed by atoms with Gasteiger partial charge in [0.15, 0.2) is 0 Å². The molecule has 4 aromatic heterocycles. The molecule has 20 nitrogen and oxygen atoms in total. The number of aromatic amines is 4. The average molecular weight is 1170 g/mol. The van der Waals surface area contributed by atoms with E-state index in [1.54, 1.807) is 13.8 Å². The summed E-state index contributed by atoms with van der Waals surface area (Å²) in [6.45, 7) is 22.8. The molecule has 0 spiro atoms. The summed E-state index contributed by atoms with van der Waals surface area (Å²) >= 11 is 0. The van der Waals surface area contributed by atoms with Crippen LogP contribution in [-0.2, 0) is 64.0 Å². The third-order valence-electron chi connectivity index (χ3n) is 16.7. The normalized spacial score (nSPS) is 17.2. The van der Waals surface area contributed by atoms with Crippen LogP contribution in [0.1, 0.15) is 174 Å². The minimum Gasteiger partial charge on any atom is -0.481 e. The lowest BCUT2D eigenvalue weighted by atomic mass is 10.0. The molecule has 4 aromatic rings. The molecule has 0 atom stereocenters. The van der Waals surface area contributed by atoms with Gasteiger partial charge in [0.05, 0.1) is 11.4 Å². The van der Waals surface area contributed by atoms with Crippen molar-refractivity contribution in [1.29, 1.82) is 0 Å². The predicted molar refractivity (Wildman–Crippen MR) is 330 cm³/mol. The summed E-state index contributed by atoms with van der Waals surface area (Å²) in [5.41, 5.74) is 18.3. The van der Waals surface area contributed by atoms with Crippen LogP contribution in [0.25, 0.3) is 36.5 Å². The lowest BCUT2D eigenvalue weighted by molar-refractivity contribution is -0.138. The Hall–Kier alpha value is -9.46. The monoisotopic (exact) mass is 1170 g/mol. The van der Waals surface area contributed by atoms with Crippen molar-refractivity contribution in [3.63, 3.8) is 0 Å². The molecule has 0 saturated carbocycles. The molecule has 4 aliphatic heterocycles.